The molecule has 0 bridgehead atoms. The molecule has 0 saturated carbocycles. The molecule has 0 radical (unpaired) electrons. The smallest absolute Gasteiger partial charge is 0.0837 e. The highest BCUT2D eigenvalue weighted by atomic mass is 35.5. The number of nitrogens with zero attached hydrogens (tertiary/aromatic N) is 2. The van der Waals surface area contributed by atoms with Gasteiger partial charge < -0.3 is 5.73 Å². The Balaban J connectivity index is 2.43. The van der Waals surface area contributed by atoms with Crippen LogP contribution in [-0.2, 0) is 0 Å². The van der Waals surface area contributed by atoms with Gasteiger partial charge in [0.1, 0.15) is 0 Å². The molecule has 0 spiro atoms. The van der Waals surface area contributed by atoms with Crippen LogP contribution < -0.4 is 5.73 Å². The Labute approximate surface area is 106 Å². The largest absolute Gasteiger partial charge is 0.319 e. The van der Waals surface area contributed by atoms with Crippen LogP contribution in [-0.4, -0.2) is 9.78 Å². The van der Waals surface area contributed by atoms with Crippen molar-refractivity contribution in [3.8, 4) is 0 Å². The highest BCUT2D eigenvalue weighted by Gasteiger charge is 2.19. The van der Waals surface area contributed by atoms with Crippen LogP contribution in [0, 0.1) is 0 Å². The number of rotatable bonds is 3. The summed E-state index contributed by atoms with van der Waals surface area (Å²) in [6.07, 6.45) is 1.65. The third-order valence-corrected chi connectivity index (χ3v) is 3.02. The van der Waals surface area contributed by atoms with Crippen LogP contribution >= 0.6 is 11.6 Å². The fourth-order valence-electron chi connectivity index (χ4n) is 1.87. The molecule has 0 aliphatic rings. The van der Waals surface area contributed by atoms with E-state index in [1.165, 1.54) is 0 Å². The topological polar surface area (TPSA) is 43.8 Å². The van der Waals surface area contributed by atoms with Crippen LogP contribution in [0.2, 0.25) is 5.02 Å². The normalized spacial score (nSPS) is 13.0. The van der Waals surface area contributed by atoms with Crippen LogP contribution in [0.3, 0.4) is 0 Å². The van der Waals surface area contributed by atoms with Gasteiger partial charge >= 0.3 is 0 Å². The fraction of sp³-hybridized carbons (Fsp3) is 0.308. The number of aromatic nitrogens is 2. The first-order chi connectivity index (χ1) is 8.11. The van der Waals surface area contributed by atoms with E-state index in [9.17, 15) is 0 Å². The second-order valence-corrected chi connectivity index (χ2v) is 4.71. The number of hydrogen-bond donors (Lipinski definition) is 1. The zero-order chi connectivity index (χ0) is 12.4. The van der Waals surface area contributed by atoms with Crippen LogP contribution in [0.4, 0.5) is 0 Å². The van der Waals surface area contributed by atoms with Gasteiger partial charge in [-0.15, -0.1) is 0 Å². The van der Waals surface area contributed by atoms with Crippen molar-refractivity contribution in [3.63, 3.8) is 0 Å². The van der Waals surface area contributed by atoms with Crippen molar-refractivity contribution in [3.05, 3.63) is 52.8 Å². The van der Waals surface area contributed by atoms with Crippen molar-refractivity contribution in [2.45, 2.75) is 25.9 Å². The molecule has 1 unspecified atom stereocenters. The minimum Gasteiger partial charge on any atom is -0.319 e. The summed E-state index contributed by atoms with van der Waals surface area (Å²) < 4.78 is 1.88. The number of hydrogen-bond acceptors (Lipinski definition) is 2. The van der Waals surface area contributed by atoms with Gasteiger partial charge in [0.05, 0.1) is 23.0 Å². The minimum atomic E-state index is -0.242. The first-order valence-electron chi connectivity index (χ1n) is 5.64. The second-order valence-electron chi connectivity index (χ2n) is 4.30. The highest BCUT2D eigenvalue weighted by Crippen LogP contribution is 2.28. The number of nitrogens with two attached hydrogens (primary N) is 1. The molecule has 0 aliphatic carbocycles. The molecule has 2 N–H and O–H groups in total. The van der Waals surface area contributed by atoms with Gasteiger partial charge in [0.15, 0.2) is 0 Å². The number of benzene rings is 1. The maximum absolute atomic E-state index is 6.25. The van der Waals surface area contributed by atoms with Gasteiger partial charge in [-0.1, -0.05) is 41.9 Å². The Hall–Kier alpha value is -1.32. The first-order valence-corrected chi connectivity index (χ1v) is 6.02. The summed E-state index contributed by atoms with van der Waals surface area (Å²) in [5.41, 5.74) is 8.16. The van der Waals surface area contributed by atoms with Crippen molar-refractivity contribution in [2.24, 2.45) is 5.73 Å². The fourth-order valence-corrected chi connectivity index (χ4v) is 2.12. The van der Waals surface area contributed by atoms with E-state index in [1.807, 2.05) is 35.0 Å². The maximum atomic E-state index is 6.25. The predicted octanol–water partition coefficient (Wildman–Crippen LogP) is 3.17. The molecule has 2 rings (SSSR count). The van der Waals surface area contributed by atoms with E-state index in [0.29, 0.717) is 5.02 Å². The zero-order valence-corrected chi connectivity index (χ0v) is 10.7. The highest BCUT2D eigenvalue weighted by molar-refractivity contribution is 6.31. The van der Waals surface area contributed by atoms with E-state index in [4.69, 9.17) is 17.3 Å². The second kappa shape index (κ2) is 4.90. The predicted molar refractivity (Wildman–Crippen MR) is 70.1 cm³/mol. The minimum absolute atomic E-state index is 0.242. The van der Waals surface area contributed by atoms with Crippen molar-refractivity contribution in [1.82, 2.24) is 9.78 Å². The average Bonchev–Trinajstić information content (AvgIpc) is 2.71. The molecule has 0 aliphatic heterocycles. The molecule has 2 aromatic rings. The molecule has 4 heteroatoms. The molecule has 1 atom stereocenters. The van der Waals surface area contributed by atoms with E-state index in [2.05, 4.69) is 18.9 Å². The Bertz CT molecular complexity index is 491. The third-order valence-electron chi connectivity index (χ3n) is 2.73. The molecule has 17 heavy (non-hydrogen) atoms. The summed E-state index contributed by atoms with van der Waals surface area (Å²) in [4.78, 5) is 0. The summed E-state index contributed by atoms with van der Waals surface area (Å²) in [6.45, 7) is 4.12. The Morgan fingerprint density at radius 1 is 1.24 bits per heavy atom. The Morgan fingerprint density at radius 2 is 1.88 bits per heavy atom. The van der Waals surface area contributed by atoms with Crippen molar-refractivity contribution >= 4 is 11.6 Å². The van der Waals surface area contributed by atoms with Gasteiger partial charge in [-0.2, -0.15) is 5.10 Å². The van der Waals surface area contributed by atoms with Crippen LogP contribution in [0.25, 0.3) is 0 Å². The average molecular weight is 250 g/mol. The molecule has 3 nitrogen and oxygen atoms in total. The van der Waals surface area contributed by atoms with Crippen LogP contribution in [0.5, 0.6) is 0 Å². The van der Waals surface area contributed by atoms with E-state index < -0.39 is 0 Å². The van der Waals surface area contributed by atoms with Gasteiger partial charge in [-0.25, -0.2) is 0 Å². The molecule has 1 heterocycles. The lowest BCUT2D eigenvalue weighted by Crippen LogP contribution is -2.19. The molecule has 1 aromatic carbocycles. The summed E-state index contributed by atoms with van der Waals surface area (Å²) in [5.74, 6) is 0. The third kappa shape index (κ3) is 2.35. The zero-order valence-electron chi connectivity index (χ0n) is 9.97. The summed E-state index contributed by atoms with van der Waals surface area (Å²) in [7, 11) is 0. The molecular weight excluding hydrogens is 234 g/mol. The van der Waals surface area contributed by atoms with E-state index >= 15 is 0 Å². The quantitative estimate of drug-likeness (QED) is 0.908. The van der Waals surface area contributed by atoms with E-state index in [1.54, 1.807) is 6.20 Å². The summed E-state index contributed by atoms with van der Waals surface area (Å²) >= 11 is 6.17. The Morgan fingerprint density at radius 3 is 2.47 bits per heavy atom. The lowest BCUT2D eigenvalue weighted by molar-refractivity contribution is 0.499. The SMILES string of the molecule is CC(C)n1ncc(Cl)c1C(N)c1ccccc1. The van der Waals surface area contributed by atoms with E-state index in [-0.39, 0.29) is 12.1 Å². The van der Waals surface area contributed by atoms with Gasteiger partial charge in [0.2, 0.25) is 0 Å². The summed E-state index contributed by atoms with van der Waals surface area (Å²) in [5, 5.41) is 4.89. The van der Waals surface area contributed by atoms with E-state index in [0.717, 1.165) is 11.3 Å². The van der Waals surface area contributed by atoms with Crippen molar-refractivity contribution in [1.29, 1.82) is 0 Å². The first kappa shape index (κ1) is 12.1. The maximum Gasteiger partial charge on any atom is 0.0837 e. The van der Waals surface area contributed by atoms with Crippen LogP contribution in [0.1, 0.15) is 37.2 Å². The van der Waals surface area contributed by atoms with Gasteiger partial charge in [-0.3, -0.25) is 4.68 Å². The monoisotopic (exact) mass is 249 g/mol. The molecule has 0 fully saturated rings. The molecule has 90 valence electrons. The molecular formula is C13H16ClN3. The standard InChI is InChI=1S/C13H16ClN3/c1-9(2)17-13(11(14)8-16-17)12(15)10-6-4-3-5-7-10/h3-9,12H,15H2,1-2H3. The molecule has 0 saturated heterocycles. The van der Waals surface area contributed by atoms with Crippen molar-refractivity contribution < 1.29 is 0 Å². The summed E-state index contributed by atoms with van der Waals surface area (Å²) in [6, 6.07) is 9.91. The van der Waals surface area contributed by atoms with Gasteiger partial charge in [-0.05, 0) is 19.4 Å². The number of halogens is 1. The van der Waals surface area contributed by atoms with Gasteiger partial charge in [0, 0.05) is 6.04 Å². The lowest BCUT2D eigenvalue weighted by Gasteiger charge is -2.17. The molecule has 0 amide bonds. The Kier molecular flexibility index (Phi) is 3.50. The lowest BCUT2D eigenvalue weighted by atomic mass is 10.0. The van der Waals surface area contributed by atoms with Crippen LogP contribution in [0.15, 0.2) is 36.5 Å². The molecule has 1 aromatic heterocycles. The van der Waals surface area contributed by atoms with Gasteiger partial charge in [0.25, 0.3) is 0 Å². The van der Waals surface area contributed by atoms with Crippen molar-refractivity contribution in [2.75, 3.05) is 0 Å².